The Hall–Kier alpha value is -2.92. The fourth-order valence-electron chi connectivity index (χ4n) is 2.52. The van der Waals surface area contributed by atoms with E-state index in [1.807, 2.05) is 54.6 Å². The maximum absolute atomic E-state index is 12.2. The number of anilines is 1. The maximum atomic E-state index is 12.2. The first-order valence-electron chi connectivity index (χ1n) is 7.30. The average Bonchev–Trinajstić information content (AvgIpc) is 2.84. The number of carbonyl (C=O) groups excluding carboxylic acids is 2. The van der Waals surface area contributed by atoms with Crippen LogP contribution in [0.4, 0.5) is 5.69 Å². The van der Waals surface area contributed by atoms with E-state index < -0.39 is 11.8 Å². The van der Waals surface area contributed by atoms with E-state index in [-0.39, 0.29) is 18.8 Å². The van der Waals surface area contributed by atoms with Gasteiger partial charge in [0.2, 0.25) is 0 Å². The summed E-state index contributed by atoms with van der Waals surface area (Å²) in [5, 5.41) is 12.0. The van der Waals surface area contributed by atoms with Crippen LogP contribution < -0.4 is 5.32 Å². The molecule has 1 aliphatic heterocycles. The van der Waals surface area contributed by atoms with Crippen LogP contribution in [0.1, 0.15) is 0 Å². The van der Waals surface area contributed by atoms with E-state index in [0.29, 0.717) is 0 Å². The Bertz CT molecular complexity index is 769. The number of imide groups is 1. The van der Waals surface area contributed by atoms with Gasteiger partial charge in [-0.2, -0.15) is 0 Å². The first kappa shape index (κ1) is 15.0. The van der Waals surface area contributed by atoms with Gasteiger partial charge in [-0.05, 0) is 11.6 Å². The topological polar surface area (TPSA) is 69.6 Å². The van der Waals surface area contributed by atoms with Gasteiger partial charge in [0.25, 0.3) is 11.8 Å². The number of aliphatic hydroxyl groups is 1. The summed E-state index contributed by atoms with van der Waals surface area (Å²) in [5.74, 6) is -0.837. The molecule has 0 atom stereocenters. The van der Waals surface area contributed by atoms with Crippen LogP contribution in [0.2, 0.25) is 0 Å². The van der Waals surface area contributed by atoms with Gasteiger partial charge in [0.05, 0.1) is 13.2 Å². The molecular formula is C18H16N2O3. The maximum Gasteiger partial charge on any atom is 0.277 e. The third-order valence-electron chi connectivity index (χ3n) is 3.61. The van der Waals surface area contributed by atoms with Crippen molar-refractivity contribution in [1.29, 1.82) is 0 Å². The van der Waals surface area contributed by atoms with Gasteiger partial charge in [0.1, 0.15) is 5.70 Å². The lowest BCUT2D eigenvalue weighted by Crippen LogP contribution is -2.34. The van der Waals surface area contributed by atoms with Crippen molar-refractivity contribution in [2.75, 3.05) is 18.5 Å². The zero-order valence-corrected chi connectivity index (χ0v) is 12.4. The fourth-order valence-corrected chi connectivity index (χ4v) is 2.52. The molecular weight excluding hydrogens is 292 g/mol. The van der Waals surface area contributed by atoms with Crippen molar-refractivity contribution in [1.82, 2.24) is 4.90 Å². The SMILES string of the molecule is O=C1C=C(Nc2ccccc2-c2ccccc2)C(=O)N1CCO. The van der Waals surface area contributed by atoms with Crippen LogP contribution in [0, 0.1) is 0 Å². The summed E-state index contributed by atoms with van der Waals surface area (Å²) in [6.07, 6.45) is 1.26. The third kappa shape index (κ3) is 3.00. The number of para-hydroxylation sites is 1. The summed E-state index contributed by atoms with van der Waals surface area (Å²) in [6.45, 7) is -0.251. The molecule has 2 N–H and O–H groups in total. The van der Waals surface area contributed by atoms with E-state index in [2.05, 4.69) is 5.32 Å². The van der Waals surface area contributed by atoms with E-state index in [1.165, 1.54) is 6.08 Å². The third-order valence-corrected chi connectivity index (χ3v) is 3.61. The molecule has 0 fully saturated rings. The largest absolute Gasteiger partial charge is 0.395 e. The van der Waals surface area contributed by atoms with Gasteiger partial charge in [0, 0.05) is 17.3 Å². The number of carbonyl (C=O) groups is 2. The van der Waals surface area contributed by atoms with Crippen molar-refractivity contribution in [3.05, 3.63) is 66.4 Å². The highest BCUT2D eigenvalue weighted by Gasteiger charge is 2.30. The van der Waals surface area contributed by atoms with Crippen LogP contribution >= 0.6 is 0 Å². The monoisotopic (exact) mass is 308 g/mol. The molecule has 0 aromatic heterocycles. The molecule has 0 saturated carbocycles. The summed E-state index contributed by atoms with van der Waals surface area (Å²) in [7, 11) is 0. The summed E-state index contributed by atoms with van der Waals surface area (Å²) in [6, 6.07) is 17.4. The van der Waals surface area contributed by atoms with Gasteiger partial charge in [0.15, 0.2) is 0 Å². The van der Waals surface area contributed by atoms with Crippen molar-refractivity contribution in [2.45, 2.75) is 0 Å². The molecule has 0 aliphatic carbocycles. The van der Waals surface area contributed by atoms with Crippen molar-refractivity contribution < 1.29 is 14.7 Å². The Morgan fingerprint density at radius 1 is 0.957 bits per heavy atom. The number of nitrogens with zero attached hydrogens (tertiary/aromatic N) is 1. The summed E-state index contributed by atoms with van der Waals surface area (Å²) >= 11 is 0. The van der Waals surface area contributed by atoms with Gasteiger partial charge < -0.3 is 10.4 Å². The second kappa shape index (κ2) is 6.46. The zero-order chi connectivity index (χ0) is 16.2. The summed E-state index contributed by atoms with van der Waals surface area (Å²) in [5.41, 5.74) is 2.92. The normalized spacial score (nSPS) is 14.1. The van der Waals surface area contributed by atoms with Crippen molar-refractivity contribution >= 4 is 17.5 Å². The molecule has 0 unspecified atom stereocenters. The number of hydrogen-bond donors (Lipinski definition) is 2. The molecule has 2 aromatic rings. The van der Waals surface area contributed by atoms with E-state index in [4.69, 9.17) is 5.11 Å². The number of rotatable bonds is 5. The zero-order valence-electron chi connectivity index (χ0n) is 12.4. The van der Waals surface area contributed by atoms with Crippen LogP contribution in [0.15, 0.2) is 66.4 Å². The lowest BCUT2D eigenvalue weighted by atomic mass is 10.0. The van der Waals surface area contributed by atoms with E-state index in [0.717, 1.165) is 21.7 Å². The van der Waals surface area contributed by atoms with E-state index >= 15 is 0 Å². The second-order valence-electron chi connectivity index (χ2n) is 5.11. The van der Waals surface area contributed by atoms with Gasteiger partial charge in [-0.15, -0.1) is 0 Å². The average molecular weight is 308 g/mol. The Morgan fingerprint density at radius 3 is 2.39 bits per heavy atom. The Balaban J connectivity index is 1.89. The summed E-state index contributed by atoms with van der Waals surface area (Å²) in [4.78, 5) is 25.1. The highest BCUT2D eigenvalue weighted by atomic mass is 16.3. The molecule has 5 nitrogen and oxygen atoms in total. The minimum atomic E-state index is -0.424. The van der Waals surface area contributed by atoms with Crippen LogP contribution in [0.3, 0.4) is 0 Å². The molecule has 2 amide bonds. The molecule has 1 aliphatic rings. The Kier molecular flexibility index (Phi) is 4.21. The van der Waals surface area contributed by atoms with Crippen molar-refractivity contribution in [3.63, 3.8) is 0 Å². The van der Waals surface area contributed by atoms with Crippen LogP contribution in [0.5, 0.6) is 0 Å². The number of amides is 2. The molecule has 0 bridgehead atoms. The molecule has 0 radical (unpaired) electrons. The quantitative estimate of drug-likeness (QED) is 0.829. The highest BCUT2D eigenvalue weighted by Crippen LogP contribution is 2.29. The van der Waals surface area contributed by atoms with Gasteiger partial charge in [-0.3, -0.25) is 14.5 Å². The minimum Gasteiger partial charge on any atom is -0.395 e. The lowest BCUT2D eigenvalue weighted by Gasteiger charge is -2.15. The predicted octanol–water partition coefficient (Wildman–Crippen LogP) is 2.01. The van der Waals surface area contributed by atoms with Crippen LogP contribution in [-0.2, 0) is 9.59 Å². The van der Waals surface area contributed by atoms with E-state index in [1.54, 1.807) is 0 Å². The molecule has 0 spiro atoms. The fraction of sp³-hybridized carbons (Fsp3) is 0.111. The number of nitrogens with one attached hydrogen (secondary N) is 1. The minimum absolute atomic E-state index is 0.000319. The molecule has 0 saturated heterocycles. The number of β-amino-alcohol motifs (C(OH)–C–C–N with tert-alkyl or cyclic N) is 1. The Morgan fingerprint density at radius 2 is 1.65 bits per heavy atom. The predicted molar refractivity (Wildman–Crippen MR) is 87.4 cm³/mol. The lowest BCUT2D eigenvalue weighted by molar-refractivity contribution is -0.137. The smallest absolute Gasteiger partial charge is 0.277 e. The molecule has 2 aromatic carbocycles. The summed E-state index contributed by atoms with van der Waals surface area (Å²) < 4.78 is 0. The first-order chi connectivity index (χ1) is 11.2. The number of aliphatic hydroxyl groups excluding tert-OH is 1. The number of benzene rings is 2. The molecule has 1 heterocycles. The van der Waals surface area contributed by atoms with Crippen molar-refractivity contribution in [2.24, 2.45) is 0 Å². The van der Waals surface area contributed by atoms with Gasteiger partial charge in [-0.25, -0.2) is 0 Å². The number of hydrogen-bond acceptors (Lipinski definition) is 4. The molecule has 116 valence electrons. The molecule has 23 heavy (non-hydrogen) atoms. The van der Waals surface area contributed by atoms with E-state index in [9.17, 15) is 9.59 Å². The molecule has 5 heteroatoms. The Labute approximate surface area is 133 Å². The van der Waals surface area contributed by atoms with Gasteiger partial charge >= 0.3 is 0 Å². The standard InChI is InChI=1S/C18H16N2O3/c21-11-10-20-17(22)12-16(18(20)23)19-15-9-5-4-8-14(15)13-6-2-1-3-7-13/h1-9,12,19,21H,10-11H2. The second-order valence-corrected chi connectivity index (χ2v) is 5.11. The first-order valence-corrected chi connectivity index (χ1v) is 7.30. The highest BCUT2D eigenvalue weighted by molar-refractivity contribution is 6.17. The molecule has 3 rings (SSSR count). The van der Waals surface area contributed by atoms with Gasteiger partial charge in [-0.1, -0.05) is 48.5 Å². The van der Waals surface area contributed by atoms with Crippen molar-refractivity contribution in [3.8, 4) is 11.1 Å². The van der Waals surface area contributed by atoms with Crippen LogP contribution in [-0.4, -0.2) is 35.0 Å². The van der Waals surface area contributed by atoms with Crippen LogP contribution in [0.25, 0.3) is 11.1 Å².